The Morgan fingerprint density at radius 1 is 0.822 bits per heavy atom. The molecule has 6 rings (SSSR count). The first-order chi connectivity index (χ1) is 20.9. The van der Waals surface area contributed by atoms with E-state index in [-0.39, 0.29) is 20.1 Å². The first-order valence-electron chi connectivity index (χ1n) is 15.6. The summed E-state index contributed by atoms with van der Waals surface area (Å²) in [5.74, 6) is 7.95. The standard InChI is InChI=1S/C21H18NO.C19H26GeN.Ir/c1-14(2)12-15-10-11-22-19(13-15)18-8-5-7-17-16-6-3-4-9-20(16)23-21(17)18;1-19(2,3)13-16-12-18(15-10-8-7-9-11-15)21-14-17(16)20(4,5)6;/h3-7,9-11,13-14H,12H2,1-2H3;7-10,12,14H,13H2,1-6H3;/q2*-1;. The van der Waals surface area contributed by atoms with Crippen molar-refractivity contribution in [3.05, 3.63) is 115 Å². The molecule has 3 heterocycles. The van der Waals surface area contributed by atoms with Crippen molar-refractivity contribution >= 4 is 39.6 Å². The first kappa shape index (κ1) is 34.8. The second-order valence-corrected chi connectivity index (χ2v) is 24.9. The third-order valence-electron chi connectivity index (χ3n) is 7.57. The van der Waals surface area contributed by atoms with Gasteiger partial charge in [-0.2, -0.15) is 0 Å². The molecular formula is C40H44GeIrN2O-2. The summed E-state index contributed by atoms with van der Waals surface area (Å²) in [4.78, 5) is 9.27. The van der Waals surface area contributed by atoms with Crippen molar-refractivity contribution in [1.82, 2.24) is 9.97 Å². The molecule has 6 aromatic rings. The summed E-state index contributed by atoms with van der Waals surface area (Å²) in [6.45, 7) is 11.4. The van der Waals surface area contributed by atoms with E-state index in [1.807, 2.05) is 48.7 Å². The molecule has 3 aromatic carbocycles. The zero-order chi connectivity index (χ0) is 31.5. The van der Waals surface area contributed by atoms with Gasteiger partial charge in [0, 0.05) is 31.7 Å². The fourth-order valence-electron chi connectivity index (χ4n) is 5.68. The van der Waals surface area contributed by atoms with E-state index in [4.69, 9.17) is 9.40 Å². The number of para-hydroxylation sites is 1. The third-order valence-corrected chi connectivity index (χ3v) is 11.9. The molecule has 3 nitrogen and oxygen atoms in total. The number of hydrogen-bond acceptors (Lipinski definition) is 3. The molecule has 5 heteroatoms. The second-order valence-electron chi connectivity index (χ2n) is 14.3. The van der Waals surface area contributed by atoms with Gasteiger partial charge in [0.1, 0.15) is 5.58 Å². The topological polar surface area (TPSA) is 38.9 Å². The van der Waals surface area contributed by atoms with Gasteiger partial charge in [0.2, 0.25) is 0 Å². The Morgan fingerprint density at radius 2 is 1.58 bits per heavy atom. The Labute approximate surface area is 285 Å². The summed E-state index contributed by atoms with van der Waals surface area (Å²) in [6.07, 6.45) is 6.17. The Balaban J connectivity index is 0.000000201. The molecule has 0 bridgehead atoms. The number of furan rings is 1. The summed E-state index contributed by atoms with van der Waals surface area (Å²) >= 11 is -1.90. The molecule has 0 unspecified atom stereocenters. The van der Waals surface area contributed by atoms with Gasteiger partial charge in [0.05, 0.1) is 5.58 Å². The maximum Gasteiger partial charge on any atom is 0.120 e. The molecule has 0 aliphatic rings. The Hall–Kier alpha value is -3.05. The van der Waals surface area contributed by atoms with Gasteiger partial charge in [-0.05, 0) is 30.2 Å². The Bertz CT molecular complexity index is 1860. The number of nitrogens with zero attached hydrogens (tertiary/aromatic N) is 2. The van der Waals surface area contributed by atoms with Gasteiger partial charge >= 0.3 is 132 Å². The van der Waals surface area contributed by atoms with Crippen molar-refractivity contribution in [2.45, 2.75) is 64.7 Å². The van der Waals surface area contributed by atoms with Crippen molar-refractivity contribution in [3.63, 3.8) is 0 Å². The van der Waals surface area contributed by atoms with Crippen molar-refractivity contribution in [2.75, 3.05) is 0 Å². The van der Waals surface area contributed by atoms with Gasteiger partial charge in [0.15, 0.2) is 0 Å². The van der Waals surface area contributed by atoms with Crippen LogP contribution in [0.25, 0.3) is 44.5 Å². The molecule has 0 amide bonds. The Kier molecular flexibility index (Phi) is 11.3. The molecule has 0 aliphatic heterocycles. The number of hydrogen-bond donors (Lipinski definition) is 0. The maximum absolute atomic E-state index is 6.09. The van der Waals surface area contributed by atoms with Crippen molar-refractivity contribution in [2.24, 2.45) is 11.3 Å². The largest absolute Gasteiger partial charge is 0.501 e. The molecule has 1 radical (unpaired) electrons. The Morgan fingerprint density at radius 3 is 2.27 bits per heavy atom. The predicted molar refractivity (Wildman–Crippen MR) is 189 cm³/mol. The van der Waals surface area contributed by atoms with E-state index >= 15 is 0 Å². The normalized spacial score (nSPS) is 11.8. The number of fused-ring (bicyclic) bond motifs is 3. The van der Waals surface area contributed by atoms with E-state index in [0.717, 1.165) is 57.3 Å². The fraction of sp³-hybridized carbons (Fsp3) is 0.300. The molecule has 0 N–H and O–H groups in total. The van der Waals surface area contributed by atoms with Crippen LogP contribution in [0.2, 0.25) is 17.3 Å². The number of aromatic nitrogens is 2. The third kappa shape index (κ3) is 8.82. The summed E-state index contributed by atoms with van der Waals surface area (Å²) in [5, 5.41) is 2.25. The second kappa shape index (κ2) is 14.6. The van der Waals surface area contributed by atoms with E-state index in [1.165, 1.54) is 15.5 Å². The number of benzene rings is 3. The molecular weight excluding hydrogens is 789 g/mol. The summed E-state index contributed by atoms with van der Waals surface area (Å²) in [7, 11) is 0. The molecule has 235 valence electrons. The minimum atomic E-state index is -1.90. The van der Waals surface area contributed by atoms with Gasteiger partial charge in [-0.25, -0.2) is 0 Å². The van der Waals surface area contributed by atoms with E-state index in [0.29, 0.717) is 11.3 Å². The quantitative estimate of drug-likeness (QED) is 0.124. The summed E-state index contributed by atoms with van der Waals surface area (Å²) < 4.78 is 7.62. The SMILES string of the molecule is CC(C)(C)Cc1cc(-c2[c-]cccc2)nc[c]1[Ge]([CH3])([CH3])[CH3].CC(C)Cc1ccnc(-c2[c-]ccc3c2oc2ccccc23)c1.[Ir]. The number of pyridine rings is 2. The van der Waals surface area contributed by atoms with Crippen molar-refractivity contribution in [3.8, 4) is 22.5 Å². The van der Waals surface area contributed by atoms with Crippen LogP contribution in [0.15, 0.2) is 95.7 Å². The molecule has 0 saturated heterocycles. The van der Waals surface area contributed by atoms with E-state index in [2.05, 4.69) is 112 Å². The zero-order valence-electron chi connectivity index (χ0n) is 27.8. The zero-order valence-corrected chi connectivity index (χ0v) is 32.3. The summed E-state index contributed by atoms with van der Waals surface area (Å²) in [6, 6.07) is 33.4. The van der Waals surface area contributed by atoms with Gasteiger partial charge < -0.3 is 9.40 Å². The molecule has 0 spiro atoms. The van der Waals surface area contributed by atoms with Crippen molar-refractivity contribution in [1.29, 1.82) is 0 Å². The average molecular weight is 834 g/mol. The molecule has 3 aromatic heterocycles. The van der Waals surface area contributed by atoms with Crippen LogP contribution in [0.1, 0.15) is 45.7 Å². The minimum Gasteiger partial charge on any atom is -0.501 e. The van der Waals surface area contributed by atoms with Crippen LogP contribution in [0.3, 0.4) is 0 Å². The van der Waals surface area contributed by atoms with Gasteiger partial charge in [-0.3, -0.25) is 0 Å². The van der Waals surface area contributed by atoms with Crippen LogP contribution in [0.4, 0.5) is 0 Å². The fourth-order valence-corrected chi connectivity index (χ4v) is 8.99. The van der Waals surface area contributed by atoms with Gasteiger partial charge in [-0.1, -0.05) is 54.6 Å². The first-order valence-corrected chi connectivity index (χ1v) is 23.0. The maximum atomic E-state index is 6.09. The van der Waals surface area contributed by atoms with Crippen LogP contribution in [0.5, 0.6) is 0 Å². The molecule has 0 aliphatic carbocycles. The molecule has 45 heavy (non-hydrogen) atoms. The monoisotopic (exact) mass is 835 g/mol. The smallest absolute Gasteiger partial charge is 0.120 e. The summed E-state index contributed by atoms with van der Waals surface area (Å²) in [5.41, 5.74) is 8.83. The van der Waals surface area contributed by atoms with E-state index < -0.39 is 13.3 Å². The van der Waals surface area contributed by atoms with E-state index in [1.54, 1.807) is 0 Å². The minimum absolute atomic E-state index is 0. The van der Waals surface area contributed by atoms with Crippen LogP contribution in [0, 0.1) is 23.5 Å². The predicted octanol–water partition coefficient (Wildman–Crippen LogP) is 10.3. The number of rotatable bonds is 6. The molecule has 0 saturated carbocycles. The van der Waals surface area contributed by atoms with Gasteiger partial charge in [0.25, 0.3) is 0 Å². The van der Waals surface area contributed by atoms with Crippen molar-refractivity contribution < 1.29 is 24.5 Å². The molecule has 0 atom stereocenters. The van der Waals surface area contributed by atoms with Crippen LogP contribution >= 0.6 is 0 Å². The molecule has 0 fully saturated rings. The van der Waals surface area contributed by atoms with Crippen LogP contribution in [-0.4, -0.2) is 23.2 Å². The van der Waals surface area contributed by atoms with Crippen LogP contribution in [-0.2, 0) is 32.9 Å². The average Bonchev–Trinajstić information content (AvgIpc) is 3.35. The van der Waals surface area contributed by atoms with Crippen LogP contribution < -0.4 is 4.40 Å². The van der Waals surface area contributed by atoms with Gasteiger partial charge in [-0.15, -0.1) is 18.2 Å². The van der Waals surface area contributed by atoms with E-state index in [9.17, 15) is 0 Å².